The van der Waals surface area contributed by atoms with Crippen molar-refractivity contribution in [3.63, 3.8) is 0 Å². The number of hydrogen-bond donors (Lipinski definition) is 2. The maximum Gasteiger partial charge on any atom is 0.159 e. The van der Waals surface area contributed by atoms with Gasteiger partial charge in [-0.2, -0.15) is 0 Å². The Hall–Kier alpha value is -0.810. The molecule has 1 aliphatic heterocycles. The lowest BCUT2D eigenvalue weighted by Gasteiger charge is -2.43. The van der Waals surface area contributed by atoms with Crippen molar-refractivity contribution < 1.29 is 5.21 Å². The summed E-state index contributed by atoms with van der Waals surface area (Å²) < 4.78 is 0. The standard InChI is InChI=1S/C12H24N4O/c1-12(2,11(13)14-17)16-7-5-15(6-8-16)9-10-3-4-10/h10,17H,3-9H2,1-2H3,(H2,13,14). The molecule has 5 nitrogen and oxygen atoms in total. The Morgan fingerprint density at radius 1 is 1.29 bits per heavy atom. The zero-order valence-corrected chi connectivity index (χ0v) is 10.9. The van der Waals surface area contributed by atoms with E-state index in [9.17, 15) is 0 Å². The van der Waals surface area contributed by atoms with Crippen LogP contribution in [0.1, 0.15) is 26.7 Å². The van der Waals surface area contributed by atoms with Gasteiger partial charge in [-0.25, -0.2) is 0 Å². The van der Waals surface area contributed by atoms with Gasteiger partial charge in [-0.1, -0.05) is 5.16 Å². The third kappa shape index (κ3) is 2.90. The van der Waals surface area contributed by atoms with Crippen LogP contribution in [0.2, 0.25) is 0 Å². The first kappa shape index (κ1) is 12.6. The van der Waals surface area contributed by atoms with E-state index < -0.39 is 0 Å². The molecule has 0 aromatic carbocycles. The van der Waals surface area contributed by atoms with Gasteiger partial charge in [-0.3, -0.25) is 4.90 Å². The van der Waals surface area contributed by atoms with Crippen LogP contribution in [0.4, 0.5) is 0 Å². The molecule has 5 heteroatoms. The van der Waals surface area contributed by atoms with Gasteiger partial charge in [-0.05, 0) is 32.6 Å². The minimum Gasteiger partial charge on any atom is -0.409 e. The summed E-state index contributed by atoms with van der Waals surface area (Å²) in [5.41, 5.74) is 5.40. The largest absolute Gasteiger partial charge is 0.409 e. The molecule has 17 heavy (non-hydrogen) atoms. The van der Waals surface area contributed by atoms with Crippen molar-refractivity contribution in [3.8, 4) is 0 Å². The zero-order valence-electron chi connectivity index (χ0n) is 10.9. The van der Waals surface area contributed by atoms with E-state index in [1.54, 1.807) is 0 Å². The molecule has 0 aromatic heterocycles. The van der Waals surface area contributed by atoms with Gasteiger partial charge in [0.2, 0.25) is 0 Å². The predicted octanol–water partition coefficient (Wildman–Crippen LogP) is 0.539. The van der Waals surface area contributed by atoms with Crippen LogP contribution in [0.3, 0.4) is 0 Å². The van der Waals surface area contributed by atoms with E-state index in [1.165, 1.54) is 19.4 Å². The Balaban J connectivity index is 1.84. The van der Waals surface area contributed by atoms with E-state index in [-0.39, 0.29) is 5.54 Å². The molecule has 1 saturated heterocycles. The minimum absolute atomic E-state index is 0.299. The van der Waals surface area contributed by atoms with E-state index >= 15 is 0 Å². The summed E-state index contributed by atoms with van der Waals surface area (Å²) in [5.74, 6) is 1.26. The van der Waals surface area contributed by atoms with Crippen LogP contribution in [0.5, 0.6) is 0 Å². The normalized spacial score (nSPS) is 25.2. The van der Waals surface area contributed by atoms with Crippen LogP contribution in [-0.4, -0.2) is 59.1 Å². The second kappa shape index (κ2) is 4.82. The number of piperazine rings is 1. The third-order valence-corrected chi connectivity index (χ3v) is 4.11. The monoisotopic (exact) mass is 240 g/mol. The molecule has 98 valence electrons. The summed E-state index contributed by atoms with van der Waals surface area (Å²) in [7, 11) is 0. The van der Waals surface area contributed by atoms with Gasteiger partial charge in [0.25, 0.3) is 0 Å². The average Bonchev–Trinajstić information content (AvgIpc) is 3.12. The number of amidine groups is 1. The summed E-state index contributed by atoms with van der Waals surface area (Å²) in [5, 5.41) is 12.0. The van der Waals surface area contributed by atoms with Crippen molar-refractivity contribution in [2.45, 2.75) is 32.2 Å². The Bertz CT molecular complexity index is 291. The van der Waals surface area contributed by atoms with Gasteiger partial charge >= 0.3 is 0 Å². The summed E-state index contributed by atoms with van der Waals surface area (Å²) in [6, 6.07) is 0. The fraction of sp³-hybridized carbons (Fsp3) is 0.917. The lowest BCUT2D eigenvalue weighted by atomic mass is 10.00. The smallest absolute Gasteiger partial charge is 0.159 e. The number of nitrogens with two attached hydrogens (primary N) is 1. The van der Waals surface area contributed by atoms with Gasteiger partial charge in [0.1, 0.15) is 0 Å². The molecule has 1 aliphatic carbocycles. The number of nitrogens with zero attached hydrogens (tertiary/aromatic N) is 3. The third-order valence-electron chi connectivity index (χ3n) is 4.11. The van der Waals surface area contributed by atoms with Crippen LogP contribution in [0, 0.1) is 5.92 Å². The van der Waals surface area contributed by atoms with Crippen LogP contribution < -0.4 is 5.73 Å². The van der Waals surface area contributed by atoms with E-state index in [0.29, 0.717) is 5.84 Å². The highest BCUT2D eigenvalue weighted by molar-refractivity contribution is 5.88. The van der Waals surface area contributed by atoms with E-state index in [0.717, 1.165) is 32.1 Å². The Morgan fingerprint density at radius 2 is 1.88 bits per heavy atom. The first-order valence-electron chi connectivity index (χ1n) is 6.49. The summed E-state index contributed by atoms with van der Waals surface area (Å²) >= 11 is 0. The van der Waals surface area contributed by atoms with E-state index in [2.05, 4.69) is 15.0 Å². The Labute approximate surface area is 103 Å². The first-order valence-corrected chi connectivity index (χ1v) is 6.49. The van der Waals surface area contributed by atoms with Crippen LogP contribution in [0.15, 0.2) is 5.16 Å². The summed E-state index contributed by atoms with van der Waals surface area (Å²) in [6.45, 7) is 9.47. The average molecular weight is 240 g/mol. The van der Waals surface area contributed by atoms with Crippen molar-refractivity contribution in [1.82, 2.24) is 9.80 Å². The second-order valence-corrected chi connectivity index (χ2v) is 5.78. The molecule has 2 aliphatic rings. The molecule has 0 spiro atoms. The molecule has 1 heterocycles. The van der Waals surface area contributed by atoms with Crippen molar-refractivity contribution >= 4 is 5.84 Å². The molecule has 0 amide bonds. The lowest BCUT2D eigenvalue weighted by molar-refractivity contribution is 0.0807. The zero-order chi connectivity index (χ0) is 12.5. The maximum absolute atomic E-state index is 8.81. The Morgan fingerprint density at radius 3 is 2.35 bits per heavy atom. The Kier molecular flexibility index (Phi) is 3.58. The molecular formula is C12H24N4O. The molecule has 2 fully saturated rings. The highest BCUT2D eigenvalue weighted by Gasteiger charge is 2.34. The fourth-order valence-electron chi connectivity index (χ4n) is 2.44. The molecule has 0 aromatic rings. The highest BCUT2D eigenvalue weighted by Crippen LogP contribution is 2.30. The van der Waals surface area contributed by atoms with Gasteiger partial charge in [0, 0.05) is 32.7 Å². The first-order chi connectivity index (χ1) is 8.04. The van der Waals surface area contributed by atoms with E-state index in [1.807, 2.05) is 13.8 Å². The van der Waals surface area contributed by atoms with Crippen molar-refractivity contribution in [2.24, 2.45) is 16.8 Å². The van der Waals surface area contributed by atoms with Gasteiger partial charge in [0.05, 0.1) is 5.54 Å². The second-order valence-electron chi connectivity index (χ2n) is 5.78. The fourth-order valence-corrected chi connectivity index (χ4v) is 2.44. The molecule has 0 atom stereocenters. The summed E-state index contributed by atoms with van der Waals surface area (Å²) in [4.78, 5) is 4.84. The van der Waals surface area contributed by atoms with Gasteiger partial charge < -0.3 is 15.8 Å². The van der Waals surface area contributed by atoms with Crippen molar-refractivity contribution in [2.75, 3.05) is 32.7 Å². The predicted molar refractivity (Wildman–Crippen MR) is 68.2 cm³/mol. The van der Waals surface area contributed by atoms with Crippen LogP contribution >= 0.6 is 0 Å². The molecule has 2 rings (SSSR count). The van der Waals surface area contributed by atoms with E-state index in [4.69, 9.17) is 10.9 Å². The van der Waals surface area contributed by atoms with Crippen molar-refractivity contribution in [1.29, 1.82) is 0 Å². The van der Waals surface area contributed by atoms with Crippen LogP contribution in [0.25, 0.3) is 0 Å². The molecule has 0 radical (unpaired) electrons. The van der Waals surface area contributed by atoms with Crippen LogP contribution in [-0.2, 0) is 0 Å². The number of oxime groups is 1. The quantitative estimate of drug-likeness (QED) is 0.326. The summed E-state index contributed by atoms with van der Waals surface area (Å²) in [6.07, 6.45) is 2.83. The maximum atomic E-state index is 8.81. The minimum atomic E-state index is -0.347. The van der Waals surface area contributed by atoms with Gasteiger partial charge in [-0.15, -0.1) is 0 Å². The molecule has 0 unspecified atom stereocenters. The topological polar surface area (TPSA) is 65.1 Å². The SMILES string of the molecule is CC(C)(C(N)=NO)N1CCN(CC2CC2)CC1. The highest BCUT2D eigenvalue weighted by atomic mass is 16.4. The van der Waals surface area contributed by atoms with Gasteiger partial charge in [0.15, 0.2) is 5.84 Å². The lowest BCUT2D eigenvalue weighted by Crippen LogP contribution is -2.59. The molecular weight excluding hydrogens is 216 g/mol. The molecule has 0 bridgehead atoms. The number of rotatable bonds is 4. The van der Waals surface area contributed by atoms with Crippen molar-refractivity contribution in [3.05, 3.63) is 0 Å². The molecule has 3 N–H and O–H groups in total. The number of hydrogen-bond acceptors (Lipinski definition) is 4. The molecule has 1 saturated carbocycles.